The highest BCUT2D eigenvalue weighted by Crippen LogP contribution is 2.29. The second-order valence-corrected chi connectivity index (χ2v) is 7.33. The molecular weight excluding hydrogens is 360 g/mol. The van der Waals surface area contributed by atoms with Gasteiger partial charge in [-0.15, -0.1) is 0 Å². The Kier molecular flexibility index (Phi) is 4.77. The highest BCUT2D eigenvalue weighted by molar-refractivity contribution is 6.47. The van der Waals surface area contributed by atoms with Crippen molar-refractivity contribution in [2.24, 2.45) is 0 Å². The molecule has 0 bridgehead atoms. The molecule has 4 rings (SSSR count). The van der Waals surface area contributed by atoms with E-state index in [1.165, 1.54) is 0 Å². The van der Waals surface area contributed by atoms with Crippen LogP contribution >= 0.6 is 0 Å². The lowest BCUT2D eigenvalue weighted by atomic mass is 10.0. The molecule has 0 aliphatic rings. The first-order valence-corrected chi connectivity index (χ1v) is 9.55. The number of aromatic nitrogens is 1. The maximum atomic E-state index is 13.3. The molecule has 0 radical (unpaired) electrons. The van der Waals surface area contributed by atoms with Gasteiger partial charge in [0.1, 0.15) is 5.69 Å². The van der Waals surface area contributed by atoms with Crippen LogP contribution in [0.2, 0.25) is 0 Å². The third-order valence-corrected chi connectivity index (χ3v) is 5.10. The maximum Gasteiger partial charge on any atom is 0.298 e. The van der Waals surface area contributed by atoms with Gasteiger partial charge < -0.3 is 9.72 Å². The summed E-state index contributed by atoms with van der Waals surface area (Å²) in [6.45, 7) is 5.87. The topological polar surface area (TPSA) is 50.6 Å². The number of nitrogens with one attached hydrogen (secondary N) is 1. The van der Waals surface area contributed by atoms with E-state index in [-0.39, 0.29) is 0 Å². The van der Waals surface area contributed by atoms with E-state index in [2.05, 4.69) is 5.32 Å². The lowest BCUT2D eigenvalue weighted by Gasteiger charge is -2.13. The zero-order chi connectivity index (χ0) is 20.5. The van der Waals surface area contributed by atoms with Crippen molar-refractivity contribution in [1.29, 1.82) is 0 Å². The number of hydrogen-bond acceptors (Lipinski definition) is 2. The van der Waals surface area contributed by atoms with E-state index >= 15 is 0 Å². The van der Waals surface area contributed by atoms with Crippen LogP contribution < -0.4 is 5.32 Å². The fourth-order valence-corrected chi connectivity index (χ4v) is 3.85. The first-order valence-electron chi connectivity index (χ1n) is 9.55. The van der Waals surface area contributed by atoms with E-state index in [9.17, 15) is 9.59 Å². The number of anilines is 1. The minimum absolute atomic E-state index is 0.367. The predicted octanol–water partition coefficient (Wildman–Crippen LogP) is 5.35. The SMILES string of the molecule is Cc1cc(C)c(NC(=O)C(=O)c2c(-c3ccccc3)cc3ccccn23)c(C)c1. The van der Waals surface area contributed by atoms with Crippen molar-refractivity contribution in [3.8, 4) is 11.1 Å². The monoisotopic (exact) mass is 382 g/mol. The van der Waals surface area contributed by atoms with Crippen molar-refractivity contribution < 1.29 is 9.59 Å². The standard InChI is InChI=1S/C25H22N2O2/c1-16-13-17(2)22(18(3)14-16)26-25(29)24(28)23-21(19-9-5-4-6-10-19)15-20-11-7-8-12-27(20)23/h4-15H,1-3H3,(H,26,29). The van der Waals surface area contributed by atoms with Crippen LogP contribution in [0.25, 0.3) is 16.6 Å². The molecule has 0 saturated carbocycles. The number of nitrogens with zero attached hydrogens (tertiary/aromatic N) is 1. The minimum Gasteiger partial charge on any atom is -0.319 e. The van der Waals surface area contributed by atoms with Gasteiger partial charge in [-0.3, -0.25) is 9.59 Å². The Morgan fingerprint density at radius 3 is 2.17 bits per heavy atom. The number of aryl methyl sites for hydroxylation is 3. The molecule has 0 aliphatic carbocycles. The maximum absolute atomic E-state index is 13.3. The number of benzene rings is 2. The highest BCUT2D eigenvalue weighted by atomic mass is 16.2. The Balaban J connectivity index is 1.78. The number of hydrogen-bond donors (Lipinski definition) is 1. The van der Waals surface area contributed by atoms with Gasteiger partial charge >= 0.3 is 0 Å². The normalized spacial score (nSPS) is 10.9. The largest absolute Gasteiger partial charge is 0.319 e. The second-order valence-electron chi connectivity index (χ2n) is 7.33. The molecule has 1 amide bonds. The Bertz CT molecular complexity index is 1210. The van der Waals surface area contributed by atoms with Crippen LogP contribution in [0.15, 0.2) is 72.9 Å². The quantitative estimate of drug-likeness (QED) is 0.382. The van der Waals surface area contributed by atoms with Gasteiger partial charge in [0.25, 0.3) is 11.7 Å². The summed E-state index contributed by atoms with van der Waals surface area (Å²) in [6, 6.07) is 21.3. The van der Waals surface area contributed by atoms with Crippen molar-refractivity contribution >= 4 is 22.9 Å². The summed E-state index contributed by atoms with van der Waals surface area (Å²) in [5.41, 5.74) is 6.56. The van der Waals surface area contributed by atoms with Crippen LogP contribution in [-0.2, 0) is 4.79 Å². The number of Topliss-reactive ketones (excluding diaryl/α,β-unsaturated/α-hetero) is 1. The molecule has 4 nitrogen and oxygen atoms in total. The summed E-state index contributed by atoms with van der Waals surface area (Å²) >= 11 is 0. The lowest BCUT2D eigenvalue weighted by molar-refractivity contribution is -0.112. The van der Waals surface area contributed by atoms with Gasteiger partial charge in [-0.1, -0.05) is 54.1 Å². The predicted molar refractivity (Wildman–Crippen MR) is 116 cm³/mol. The molecule has 144 valence electrons. The fraction of sp³-hybridized carbons (Fsp3) is 0.120. The van der Waals surface area contributed by atoms with E-state index in [1.54, 1.807) is 4.40 Å². The van der Waals surface area contributed by atoms with E-state index in [0.29, 0.717) is 11.4 Å². The second kappa shape index (κ2) is 7.40. The van der Waals surface area contributed by atoms with Crippen LogP contribution in [0, 0.1) is 20.8 Å². The molecule has 0 unspecified atom stereocenters. The van der Waals surface area contributed by atoms with Gasteiger partial charge in [-0.2, -0.15) is 0 Å². The molecule has 2 heterocycles. The van der Waals surface area contributed by atoms with Crippen molar-refractivity contribution in [1.82, 2.24) is 4.40 Å². The van der Waals surface area contributed by atoms with Gasteiger partial charge in [-0.25, -0.2) is 0 Å². The number of fused-ring (bicyclic) bond motifs is 1. The molecule has 0 aliphatic heterocycles. The van der Waals surface area contributed by atoms with Crippen LogP contribution in [0.3, 0.4) is 0 Å². The number of rotatable bonds is 4. The molecule has 4 aromatic rings. The number of carbonyl (C=O) groups excluding carboxylic acids is 2. The molecule has 1 N–H and O–H groups in total. The molecule has 4 heteroatoms. The van der Waals surface area contributed by atoms with E-state index in [4.69, 9.17) is 0 Å². The van der Waals surface area contributed by atoms with Gasteiger partial charge in [-0.05, 0) is 55.7 Å². The lowest BCUT2D eigenvalue weighted by Crippen LogP contribution is -2.25. The van der Waals surface area contributed by atoms with E-state index in [0.717, 1.165) is 33.3 Å². The van der Waals surface area contributed by atoms with Crippen LogP contribution in [0.1, 0.15) is 27.2 Å². The van der Waals surface area contributed by atoms with Gasteiger partial charge in [0, 0.05) is 23.0 Å². The minimum atomic E-state index is -0.638. The van der Waals surface area contributed by atoms with Crippen molar-refractivity contribution in [3.05, 3.63) is 95.3 Å². The summed E-state index contributed by atoms with van der Waals surface area (Å²) < 4.78 is 1.78. The first-order chi connectivity index (χ1) is 14.0. The molecule has 2 aromatic heterocycles. The third kappa shape index (κ3) is 3.45. The molecule has 0 saturated heterocycles. The number of ketones is 1. The first kappa shape index (κ1) is 18.7. The van der Waals surface area contributed by atoms with Crippen molar-refractivity contribution in [2.75, 3.05) is 5.32 Å². The summed E-state index contributed by atoms with van der Waals surface area (Å²) in [6.07, 6.45) is 1.81. The van der Waals surface area contributed by atoms with Crippen LogP contribution in [-0.4, -0.2) is 16.1 Å². The summed E-state index contributed by atoms with van der Waals surface area (Å²) in [5, 5.41) is 2.84. The summed E-state index contributed by atoms with van der Waals surface area (Å²) in [7, 11) is 0. The zero-order valence-electron chi connectivity index (χ0n) is 16.7. The number of carbonyl (C=O) groups is 2. The van der Waals surface area contributed by atoms with Gasteiger partial charge in [0.2, 0.25) is 0 Å². The third-order valence-electron chi connectivity index (χ3n) is 5.10. The Labute approximate surface area is 169 Å². The van der Waals surface area contributed by atoms with E-state index in [1.807, 2.05) is 93.7 Å². The molecule has 0 spiro atoms. The highest BCUT2D eigenvalue weighted by Gasteiger charge is 2.25. The van der Waals surface area contributed by atoms with Gasteiger partial charge in [0.05, 0.1) is 0 Å². The molecule has 0 fully saturated rings. The number of pyridine rings is 1. The summed E-state index contributed by atoms with van der Waals surface area (Å²) in [5.74, 6) is -1.20. The zero-order valence-corrected chi connectivity index (χ0v) is 16.7. The molecule has 29 heavy (non-hydrogen) atoms. The van der Waals surface area contributed by atoms with Crippen molar-refractivity contribution in [3.63, 3.8) is 0 Å². The Morgan fingerprint density at radius 2 is 1.48 bits per heavy atom. The molecule has 0 atom stereocenters. The van der Waals surface area contributed by atoms with Crippen molar-refractivity contribution in [2.45, 2.75) is 20.8 Å². The molecular formula is C25H22N2O2. The van der Waals surface area contributed by atoms with Crippen LogP contribution in [0.5, 0.6) is 0 Å². The fourth-order valence-electron chi connectivity index (χ4n) is 3.85. The smallest absolute Gasteiger partial charge is 0.298 e. The average Bonchev–Trinajstić information content (AvgIpc) is 3.10. The average molecular weight is 382 g/mol. The number of amides is 1. The Hall–Kier alpha value is -3.66. The summed E-state index contributed by atoms with van der Waals surface area (Å²) in [4.78, 5) is 26.2. The molecule has 2 aromatic carbocycles. The Morgan fingerprint density at radius 1 is 0.828 bits per heavy atom. The van der Waals surface area contributed by atoms with E-state index < -0.39 is 11.7 Å². The van der Waals surface area contributed by atoms with Crippen LogP contribution in [0.4, 0.5) is 5.69 Å². The van der Waals surface area contributed by atoms with Gasteiger partial charge in [0.15, 0.2) is 0 Å².